The van der Waals surface area contributed by atoms with Gasteiger partial charge >= 0.3 is 0 Å². The number of fused-ring (bicyclic) bond motifs is 1. The maximum Gasteiger partial charge on any atom is 0.258 e. The highest BCUT2D eigenvalue weighted by molar-refractivity contribution is 6.06. The maximum absolute atomic E-state index is 13.6. The van der Waals surface area contributed by atoms with Crippen LogP contribution in [0.25, 0.3) is 0 Å². The second-order valence-electron chi connectivity index (χ2n) is 7.46. The molecule has 0 N–H and O–H groups in total. The molecule has 148 valence electrons. The van der Waals surface area contributed by atoms with E-state index in [0.29, 0.717) is 11.6 Å². The molecule has 2 unspecified atom stereocenters. The molecule has 0 aliphatic carbocycles. The van der Waals surface area contributed by atoms with Gasteiger partial charge in [-0.05, 0) is 68.3 Å². The Morgan fingerprint density at radius 1 is 1.00 bits per heavy atom. The molecule has 0 bridgehead atoms. The van der Waals surface area contributed by atoms with E-state index >= 15 is 0 Å². The number of carbonyl (C=O) groups is 1. The van der Waals surface area contributed by atoms with E-state index in [0.717, 1.165) is 24.2 Å². The Kier molecular flexibility index (Phi) is 5.34. The number of hydrogen-bond acceptors (Lipinski definition) is 2. The van der Waals surface area contributed by atoms with E-state index in [4.69, 9.17) is 0 Å². The van der Waals surface area contributed by atoms with Crippen LogP contribution in [0.5, 0.6) is 0 Å². The van der Waals surface area contributed by atoms with Gasteiger partial charge in [-0.15, -0.1) is 0 Å². The van der Waals surface area contributed by atoms with Crippen LogP contribution in [0.1, 0.15) is 42.2 Å². The van der Waals surface area contributed by atoms with Crippen LogP contribution in [0.2, 0.25) is 0 Å². The van der Waals surface area contributed by atoms with Gasteiger partial charge in [-0.2, -0.15) is 0 Å². The van der Waals surface area contributed by atoms with Crippen LogP contribution in [0.15, 0.2) is 78.9 Å². The molecular formula is C25H25FN2O. The number of nitrogens with zero attached hydrogens (tertiary/aromatic N) is 2. The standard InChI is InChI=1S/C25H25FN2O/c1-3-27-18(2)17-24(22-11-7-8-12-23(22)27)28(21-9-5-4-6-10-21)25(29)19-13-15-20(26)16-14-19/h4-16,18,24H,3,17H2,1-2H3. The molecule has 1 heterocycles. The summed E-state index contributed by atoms with van der Waals surface area (Å²) >= 11 is 0. The summed E-state index contributed by atoms with van der Waals surface area (Å²) in [5, 5.41) is 0. The Morgan fingerprint density at radius 3 is 2.34 bits per heavy atom. The molecule has 3 aromatic carbocycles. The van der Waals surface area contributed by atoms with Crippen molar-refractivity contribution in [3.8, 4) is 0 Å². The fraction of sp³-hybridized carbons (Fsp3) is 0.240. The summed E-state index contributed by atoms with van der Waals surface area (Å²) in [5.74, 6) is -0.462. The minimum Gasteiger partial charge on any atom is -0.369 e. The molecule has 29 heavy (non-hydrogen) atoms. The first kappa shape index (κ1) is 19.2. The lowest BCUT2D eigenvalue weighted by molar-refractivity contribution is 0.0973. The summed E-state index contributed by atoms with van der Waals surface area (Å²) in [4.78, 5) is 17.9. The third-order valence-electron chi connectivity index (χ3n) is 5.70. The Hall–Kier alpha value is -3.14. The molecule has 0 spiro atoms. The van der Waals surface area contributed by atoms with E-state index in [1.165, 1.54) is 17.8 Å². The van der Waals surface area contributed by atoms with Gasteiger partial charge in [-0.3, -0.25) is 4.79 Å². The molecule has 0 fully saturated rings. The monoisotopic (exact) mass is 388 g/mol. The summed E-state index contributed by atoms with van der Waals surface area (Å²) in [6.07, 6.45) is 0.826. The van der Waals surface area contributed by atoms with Gasteiger partial charge in [0.15, 0.2) is 0 Å². The van der Waals surface area contributed by atoms with E-state index in [-0.39, 0.29) is 17.8 Å². The number of amides is 1. The average molecular weight is 388 g/mol. The third-order valence-corrected chi connectivity index (χ3v) is 5.70. The van der Waals surface area contributed by atoms with Gasteiger partial charge in [0.1, 0.15) is 5.82 Å². The zero-order chi connectivity index (χ0) is 20.4. The predicted octanol–water partition coefficient (Wildman–Crippen LogP) is 5.83. The van der Waals surface area contributed by atoms with Crippen molar-refractivity contribution < 1.29 is 9.18 Å². The zero-order valence-corrected chi connectivity index (χ0v) is 16.8. The summed E-state index contributed by atoms with van der Waals surface area (Å²) in [6, 6.07) is 24.1. The molecule has 0 saturated heterocycles. The predicted molar refractivity (Wildman–Crippen MR) is 116 cm³/mol. The van der Waals surface area contributed by atoms with Crippen LogP contribution in [-0.4, -0.2) is 18.5 Å². The second kappa shape index (κ2) is 8.08. The van der Waals surface area contributed by atoms with Gasteiger partial charge in [0.2, 0.25) is 0 Å². The lowest BCUT2D eigenvalue weighted by Gasteiger charge is -2.44. The molecule has 1 amide bonds. The van der Waals surface area contributed by atoms with E-state index in [1.807, 2.05) is 47.4 Å². The van der Waals surface area contributed by atoms with Crippen LogP contribution in [0, 0.1) is 5.82 Å². The van der Waals surface area contributed by atoms with Gasteiger partial charge < -0.3 is 9.80 Å². The van der Waals surface area contributed by atoms with Gasteiger partial charge in [-0.25, -0.2) is 4.39 Å². The van der Waals surface area contributed by atoms with Gasteiger partial charge in [0, 0.05) is 29.5 Å². The lowest BCUT2D eigenvalue weighted by atomic mass is 9.89. The smallest absolute Gasteiger partial charge is 0.258 e. The first-order valence-corrected chi connectivity index (χ1v) is 10.1. The molecule has 1 aliphatic heterocycles. The van der Waals surface area contributed by atoms with E-state index in [2.05, 4.69) is 30.9 Å². The SMILES string of the molecule is CCN1c2ccccc2C(N(C(=O)c2ccc(F)cc2)c2ccccc2)CC1C. The van der Waals surface area contributed by atoms with Crippen molar-refractivity contribution in [1.29, 1.82) is 0 Å². The molecule has 0 radical (unpaired) electrons. The average Bonchev–Trinajstić information content (AvgIpc) is 2.75. The Balaban J connectivity index is 1.83. The maximum atomic E-state index is 13.6. The van der Waals surface area contributed by atoms with Crippen molar-refractivity contribution in [2.45, 2.75) is 32.4 Å². The van der Waals surface area contributed by atoms with Crippen molar-refractivity contribution in [2.75, 3.05) is 16.3 Å². The number of benzene rings is 3. The Morgan fingerprint density at radius 2 is 1.66 bits per heavy atom. The van der Waals surface area contributed by atoms with Crippen LogP contribution >= 0.6 is 0 Å². The molecular weight excluding hydrogens is 363 g/mol. The first-order chi connectivity index (χ1) is 14.1. The van der Waals surface area contributed by atoms with Crippen molar-refractivity contribution in [2.24, 2.45) is 0 Å². The van der Waals surface area contributed by atoms with Crippen LogP contribution in [0.3, 0.4) is 0 Å². The molecule has 0 saturated carbocycles. The van der Waals surface area contributed by atoms with Gasteiger partial charge in [-0.1, -0.05) is 36.4 Å². The molecule has 1 aliphatic rings. The number of halogens is 1. The van der Waals surface area contributed by atoms with E-state index in [9.17, 15) is 9.18 Å². The van der Waals surface area contributed by atoms with E-state index in [1.54, 1.807) is 12.1 Å². The fourth-order valence-electron chi connectivity index (χ4n) is 4.33. The van der Waals surface area contributed by atoms with Gasteiger partial charge in [0.25, 0.3) is 5.91 Å². The van der Waals surface area contributed by atoms with Crippen molar-refractivity contribution in [3.63, 3.8) is 0 Å². The minimum atomic E-state index is -0.344. The molecule has 4 heteroatoms. The third kappa shape index (κ3) is 3.63. The minimum absolute atomic E-state index is 0.0936. The van der Waals surface area contributed by atoms with Crippen LogP contribution in [-0.2, 0) is 0 Å². The summed E-state index contributed by atoms with van der Waals surface area (Å²) in [6.45, 7) is 5.28. The van der Waals surface area contributed by atoms with Crippen LogP contribution < -0.4 is 9.80 Å². The number of anilines is 2. The Bertz CT molecular complexity index is 987. The van der Waals surface area contributed by atoms with Gasteiger partial charge in [0.05, 0.1) is 6.04 Å². The fourth-order valence-corrected chi connectivity index (χ4v) is 4.33. The highest BCUT2D eigenvalue weighted by Gasteiger charge is 2.36. The quantitative estimate of drug-likeness (QED) is 0.561. The van der Waals surface area contributed by atoms with E-state index < -0.39 is 0 Å². The summed E-state index contributed by atoms with van der Waals surface area (Å²) < 4.78 is 13.4. The Labute approximate surface area is 171 Å². The van der Waals surface area contributed by atoms with Crippen molar-refractivity contribution >= 4 is 17.3 Å². The molecule has 3 aromatic rings. The second-order valence-corrected chi connectivity index (χ2v) is 7.46. The first-order valence-electron chi connectivity index (χ1n) is 10.1. The topological polar surface area (TPSA) is 23.6 Å². The number of carbonyl (C=O) groups excluding carboxylic acids is 1. The highest BCUT2D eigenvalue weighted by atomic mass is 19.1. The summed E-state index contributed by atoms with van der Waals surface area (Å²) in [5.41, 5.74) is 3.65. The number of hydrogen-bond donors (Lipinski definition) is 0. The van der Waals surface area contributed by atoms with Crippen molar-refractivity contribution in [1.82, 2.24) is 0 Å². The molecule has 3 nitrogen and oxygen atoms in total. The molecule has 4 rings (SSSR count). The lowest BCUT2D eigenvalue weighted by Crippen LogP contribution is -2.45. The largest absolute Gasteiger partial charge is 0.369 e. The summed E-state index contributed by atoms with van der Waals surface area (Å²) in [7, 11) is 0. The van der Waals surface area contributed by atoms with Crippen LogP contribution in [0.4, 0.5) is 15.8 Å². The van der Waals surface area contributed by atoms with Crippen molar-refractivity contribution in [3.05, 3.63) is 95.8 Å². The normalized spacial score (nSPS) is 18.2. The zero-order valence-electron chi connectivity index (χ0n) is 16.8. The molecule has 0 aromatic heterocycles. The number of rotatable bonds is 4. The highest BCUT2D eigenvalue weighted by Crippen LogP contribution is 2.42. The number of para-hydroxylation sites is 2. The molecule has 2 atom stereocenters.